The Bertz CT molecular complexity index is 265. The van der Waals surface area contributed by atoms with Gasteiger partial charge < -0.3 is 15.7 Å². The van der Waals surface area contributed by atoms with Crippen LogP contribution in [0.5, 0.6) is 0 Å². The molecule has 0 bridgehead atoms. The van der Waals surface area contributed by atoms with E-state index in [1.807, 2.05) is 6.92 Å². The lowest BCUT2D eigenvalue weighted by atomic mass is 9.87. The summed E-state index contributed by atoms with van der Waals surface area (Å²) in [5.74, 6) is 0.0514. The summed E-state index contributed by atoms with van der Waals surface area (Å²) in [7, 11) is 0. The third-order valence-corrected chi connectivity index (χ3v) is 3.26. The van der Waals surface area contributed by atoms with Gasteiger partial charge in [0.1, 0.15) is 0 Å². The van der Waals surface area contributed by atoms with Crippen molar-refractivity contribution in [3.63, 3.8) is 0 Å². The molecule has 0 saturated carbocycles. The first-order valence-electron chi connectivity index (χ1n) is 6.40. The number of hydrogen-bond donors (Lipinski definition) is 3. The molecule has 100 valence electrons. The van der Waals surface area contributed by atoms with Gasteiger partial charge in [0.05, 0.1) is 11.5 Å². The minimum Gasteiger partial charge on any atom is -0.391 e. The second-order valence-corrected chi connectivity index (χ2v) is 6.62. The van der Waals surface area contributed by atoms with E-state index in [1.165, 1.54) is 0 Å². The van der Waals surface area contributed by atoms with Crippen molar-refractivity contribution < 1.29 is 9.90 Å². The molecule has 1 aliphatic heterocycles. The molecule has 0 aliphatic carbocycles. The van der Waals surface area contributed by atoms with Crippen LogP contribution in [0.2, 0.25) is 0 Å². The average Bonchev–Trinajstić information content (AvgIpc) is 2.60. The van der Waals surface area contributed by atoms with Crippen LogP contribution in [0.3, 0.4) is 0 Å². The van der Waals surface area contributed by atoms with E-state index in [0.717, 1.165) is 19.5 Å². The predicted molar refractivity (Wildman–Crippen MR) is 68.7 cm³/mol. The lowest BCUT2D eigenvalue weighted by Crippen LogP contribution is -2.43. The molecule has 1 rings (SSSR count). The molecule has 0 spiro atoms. The summed E-state index contributed by atoms with van der Waals surface area (Å²) in [6.45, 7) is 10.2. The van der Waals surface area contributed by atoms with E-state index in [-0.39, 0.29) is 16.7 Å². The van der Waals surface area contributed by atoms with E-state index in [1.54, 1.807) is 0 Å². The van der Waals surface area contributed by atoms with Gasteiger partial charge in [-0.3, -0.25) is 4.79 Å². The SMILES string of the molecule is CC(C)(C)CC(O)CNC(=O)C1(C)CCNC1. The van der Waals surface area contributed by atoms with Gasteiger partial charge in [0.2, 0.25) is 5.91 Å². The number of aliphatic hydroxyl groups is 1. The lowest BCUT2D eigenvalue weighted by Gasteiger charge is -2.25. The monoisotopic (exact) mass is 242 g/mol. The van der Waals surface area contributed by atoms with E-state index < -0.39 is 6.10 Å². The molecule has 1 saturated heterocycles. The zero-order valence-corrected chi connectivity index (χ0v) is 11.5. The largest absolute Gasteiger partial charge is 0.391 e. The van der Waals surface area contributed by atoms with Gasteiger partial charge in [0.25, 0.3) is 0 Å². The molecule has 0 aromatic rings. The Morgan fingerprint density at radius 1 is 1.53 bits per heavy atom. The van der Waals surface area contributed by atoms with Gasteiger partial charge in [-0.25, -0.2) is 0 Å². The van der Waals surface area contributed by atoms with E-state index >= 15 is 0 Å². The third-order valence-electron chi connectivity index (χ3n) is 3.26. The molecule has 4 nitrogen and oxygen atoms in total. The van der Waals surface area contributed by atoms with Gasteiger partial charge in [0, 0.05) is 13.1 Å². The van der Waals surface area contributed by atoms with Gasteiger partial charge in [-0.2, -0.15) is 0 Å². The van der Waals surface area contributed by atoms with Crippen LogP contribution in [-0.2, 0) is 4.79 Å². The Morgan fingerprint density at radius 3 is 2.65 bits per heavy atom. The van der Waals surface area contributed by atoms with Gasteiger partial charge in [-0.1, -0.05) is 20.8 Å². The molecular weight excluding hydrogens is 216 g/mol. The van der Waals surface area contributed by atoms with Crippen LogP contribution < -0.4 is 10.6 Å². The van der Waals surface area contributed by atoms with Gasteiger partial charge >= 0.3 is 0 Å². The predicted octanol–water partition coefficient (Wildman–Crippen LogP) is 0.899. The van der Waals surface area contributed by atoms with E-state index in [9.17, 15) is 9.90 Å². The second-order valence-electron chi connectivity index (χ2n) is 6.62. The quantitative estimate of drug-likeness (QED) is 0.686. The minimum absolute atomic E-state index is 0.0514. The van der Waals surface area contributed by atoms with Crippen molar-refractivity contribution in [1.82, 2.24) is 10.6 Å². The van der Waals surface area contributed by atoms with Crippen molar-refractivity contribution in [1.29, 1.82) is 0 Å². The summed E-state index contributed by atoms with van der Waals surface area (Å²) < 4.78 is 0. The van der Waals surface area contributed by atoms with Crippen LogP contribution in [0.25, 0.3) is 0 Å². The fraction of sp³-hybridized carbons (Fsp3) is 0.923. The number of nitrogens with one attached hydrogen (secondary N) is 2. The highest BCUT2D eigenvalue weighted by Crippen LogP contribution is 2.25. The molecule has 0 aromatic carbocycles. The van der Waals surface area contributed by atoms with Crippen molar-refractivity contribution in [2.75, 3.05) is 19.6 Å². The van der Waals surface area contributed by atoms with Crippen molar-refractivity contribution in [2.45, 2.75) is 46.6 Å². The van der Waals surface area contributed by atoms with Crippen molar-refractivity contribution in [2.24, 2.45) is 10.8 Å². The van der Waals surface area contributed by atoms with E-state index in [0.29, 0.717) is 13.0 Å². The smallest absolute Gasteiger partial charge is 0.227 e. The number of hydrogen-bond acceptors (Lipinski definition) is 3. The van der Waals surface area contributed by atoms with Crippen LogP contribution >= 0.6 is 0 Å². The Morgan fingerprint density at radius 2 is 2.18 bits per heavy atom. The van der Waals surface area contributed by atoms with E-state index in [2.05, 4.69) is 31.4 Å². The maximum absolute atomic E-state index is 12.0. The number of carbonyl (C=O) groups excluding carboxylic acids is 1. The number of amides is 1. The molecule has 3 N–H and O–H groups in total. The standard InChI is InChI=1S/C13H26N2O2/c1-12(2,3)7-10(16)8-15-11(17)13(4)5-6-14-9-13/h10,14,16H,5-9H2,1-4H3,(H,15,17). The van der Waals surface area contributed by atoms with Crippen LogP contribution in [0.4, 0.5) is 0 Å². The molecule has 1 heterocycles. The lowest BCUT2D eigenvalue weighted by molar-refractivity contribution is -0.129. The van der Waals surface area contributed by atoms with Crippen molar-refractivity contribution >= 4 is 5.91 Å². The summed E-state index contributed by atoms with van der Waals surface area (Å²) in [6.07, 6.45) is 1.10. The van der Waals surface area contributed by atoms with Crippen molar-refractivity contribution in [3.8, 4) is 0 Å². The molecule has 17 heavy (non-hydrogen) atoms. The summed E-state index contributed by atoms with van der Waals surface area (Å²) >= 11 is 0. The number of aliphatic hydroxyl groups excluding tert-OH is 1. The maximum atomic E-state index is 12.0. The third kappa shape index (κ3) is 4.64. The fourth-order valence-electron chi connectivity index (χ4n) is 2.21. The Labute approximate surface area is 104 Å². The number of carbonyl (C=O) groups is 1. The molecule has 1 aliphatic rings. The summed E-state index contributed by atoms with van der Waals surface area (Å²) in [5.41, 5.74) is -0.218. The molecule has 2 atom stereocenters. The molecule has 1 fully saturated rings. The Kier molecular flexibility index (Phi) is 4.55. The molecule has 0 radical (unpaired) electrons. The fourth-order valence-corrected chi connectivity index (χ4v) is 2.21. The molecular formula is C13H26N2O2. The minimum atomic E-state index is -0.461. The van der Waals surface area contributed by atoms with Crippen LogP contribution in [0.1, 0.15) is 40.5 Å². The molecule has 0 aromatic heterocycles. The zero-order valence-electron chi connectivity index (χ0n) is 11.5. The first-order valence-corrected chi connectivity index (χ1v) is 6.40. The summed E-state index contributed by atoms with van der Waals surface area (Å²) in [6, 6.07) is 0. The highest BCUT2D eigenvalue weighted by atomic mass is 16.3. The summed E-state index contributed by atoms with van der Waals surface area (Å²) in [4.78, 5) is 12.0. The Hall–Kier alpha value is -0.610. The van der Waals surface area contributed by atoms with Gasteiger partial charge in [-0.05, 0) is 31.7 Å². The first-order chi connectivity index (χ1) is 7.73. The highest BCUT2D eigenvalue weighted by molar-refractivity contribution is 5.82. The molecule has 2 unspecified atom stereocenters. The average molecular weight is 242 g/mol. The molecule has 1 amide bonds. The number of rotatable bonds is 4. The maximum Gasteiger partial charge on any atom is 0.227 e. The van der Waals surface area contributed by atoms with Gasteiger partial charge in [-0.15, -0.1) is 0 Å². The van der Waals surface area contributed by atoms with E-state index in [4.69, 9.17) is 0 Å². The van der Waals surface area contributed by atoms with Crippen molar-refractivity contribution in [3.05, 3.63) is 0 Å². The normalized spacial score (nSPS) is 26.9. The first kappa shape index (κ1) is 14.5. The topological polar surface area (TPSA) is 61.4 Å². The molecule has 4 heteroatoms. The zero-order chi connectivity index (χ0) is 13.1. The van der Waals surface area contributed by atoms with Crippen LogP contribution in [0.15, 0.2) is 0 Å². The van der Waals surface area contributed by atoms with Gasteiger partial charge in [0.15, 0.2) is 0 Å². The highest BCUT2D eigenvalue weighted by Gasteiger charge is 2.36. The summed E-state index contributed by atoms with van der Waals surface area (Å²) in [5, 5.41) is 15.9. The van der Waals surface area contributed by atoms with Crippen LogP contribution in [0, 0.1) is 10.8 Å². The Balaban J connectivity index is 2.33. The van der Waals surface area contributed by atoms with Crippen LogP contribution in [-0.4, -0.2) is 36.8 Å². The second kappa shape index (κ2) is 5.36.